The fraction of sp³-hybridized carbons (Fsp3) is 0.952. The summed E-state index contributed by atoms with van der Waals surface area (Å²) >= 11 is 0. The summed E-state index contributed by atoms with van der Waals surface area (Å²) in [6, 6.07) is 0. The molecule has 0 spiro atoms. The van der Waals surface area contributed by atoms with Crippen LogP contribution in [0, 0.1) is 29.1 Å². The van der Waals surface area contributed by atoms with Gasteiger partial charge < -0.3 is 10.5 Å². The number of rotatable bonds is 6. The third kappa shape index (κ3) is 4.53. The molecule has 0 aromatic heterocycles. The highest BCUT2D eigenvalue weighted by atomic mass is 16.6. The smallest absolute Gasteiger partial charge is 0.313 e. The molecule has 2 N–H and O–H groups in total. The SMILES string of the molecule is CC(C)CC(C)(CN)C(=O)OC(C)(C)C1CCC2CCCCC2C1. The van der Waals surface area contributed by atoms with Crippen LogP contribution in [0.5, 0.6) is 0 Å². The molecule has 0 aliphatic heterocycles. The number of hydrogen-bond donors (Lipinski definition) is 1. The van der Waals surface area contributed by atoms with Crippen molar-refractivity contribution in [2.75, 3.05) is 6.54 Å². The molecule has 24 heavy (non-hydrogen) atoms. The van der Waals surface area contributed by atoms with Crippen molar-refractivity contribution >= 4 is 5.97 Å². The summed E-state index contributed by atoms with van der Waals surface area (Å²) < 4.78 is 6.10. The molecule has 0 aromatic rings. The summed E-state index contributed by atoms with van der Waals surface area (Å²) in [4.78, 5) is 12.9. The molecule has 0 heterocycles. The molecular formula is C21H39NO2. The van der Waals surface area contributed by atoms with E-state index in [1.54, 1.807) is 0 Å². The number of nitrogens with two attached hydrogens (primary N) is 1. The molecule has 0 saturated heterocycles. The highest BCUT2D eigenvalue weighted by molar-refractivity contribution is 5.77. The first-order chi connectivity index (χ1) is 11.2. The Kier molecular flexibility index (Phi) is 6.39. The second kappa shape index (κ2) is 7.76. The predicted octanol–water partition coefficient (Wildman–Crippen LogP) is 4.93. The van der Waals surface area contributed by atoms with E-state index in [9.17, 15) is 4.79 Å². The number of esters is 1. The number of hydrogen-bond acceptors (Lipinski definition) is 3. The Morgan fingerprint density at radius 3 is 2.29 bits per heavy atom. The average Bonchev–Trinajstić information content (AvgIpc) is 2.53. The van der Waals surface area contributed by atoms with Crippen LogP contribution in [0.15, 0.2) is 0 Å². The van der Waals surface area contributed by atoms with Gasteiger partial charge in [-0.15, -0.1) is 0 Å². The van der Waals surface area contributed by atoms with E-state index < -0.39 is 5.41 Å². The second-order valence-electron chi connectivity index (χ2n) is 9.67. The van der Waals surface area contributed by atoms with Gasteiger partial charge in [0.2, 0.25) is 0 Å². The molecule has 2 fully saturated rings. The molecule has 2 saturated carbocycles. The summed E-state index contributed by atoms with van der Waals surface area (Å²) in [6.45, 7) is 10.8. The minimum atomic E-state index is -0.562. The molecule has 0 aromatic carbocycles. The molecule has 0 radical (unpaired) electrons. The van der Waals surface area contributed by atoms with Crippen molar-refractivity contribution in [3.63, 3.8) is 0 Å². The fourth-order valence-corrected chi connectivity index (χ4v) is 5.10. The van der Waals surface area contributed by atoms with Crippen LogP contribution in [0.25, 0.3) is 0 Å². The molecule has 0 bridgehead atoms. The topological polar surface area (TPSA) is 52.3 Å². The van der Waals surface area contributed by atoms with Crippen molar-refractivity contribution < 1.29 is 9.53 Å². The standard InChI is InChI=1S/C21H39NO2/c1-15(2)13-21(5,14-22)19(23)24-20(3,4)18-11-10-16-8-6-7-9-17(16)12-18/h15-18H,6-14,22H2,1-5H3. The lowest BCUT2D eigenvalue weighted by atomic mass is 9.64. The maximum Gasteiger partial charge on any atom is 0.313 e. The molecule has 0 amide bonds. The molecule has 2 aliphatic carbocycles. The van der Waals surface area contributed by atoms with Gasteiger partial charge >= 0.3 is 5.97 Å². The summed E-state index contributed by atoms with van der Waals surface area (Å²) in [6.07, 6.45) is 10.1. The van der Waals surface area contributed by atoms with Crippen molar-refractivity contribution in [2.45, 2.75) is 91.6 Å². The third-order valence-corrected chi connectivity index (χ3v) is 6.68. The van der Waals surface area contributed by atoms with E-state index in [1.165, 1.54) is 44.9 Å². The largest absolute Gasteiger partial charge is 0.459 e. The van der Waals surface area contributed by atoms with Crippen molar-refractivity contribution in [3.05, 3.63) is 0 Å². The molecule has 4 atom stereocenters. The zero-order valence-corrected chi connectivity index (χ0v) is 16.6. The van der Waals surface area contributed by atoms with Gasteiger partial charge in [0.25, 0.3) is 0 Å². The number of fused-ring (bicyclic) bond motifs is 1. The van der Waals surface area contributed by atoms with E-state index in [1.807, 2.05) is 6.92 Å². The van der Waals surface area contributed by atoms with Gasteiger partial charge in [0.15, 0.2) is 0 Å². The van der Waals surface area contributed by atoms with Crippen LogP contribution in [0.3, 0.4) is 0 Å². The van der Waals surface area contributed by atoms with Crippen LogP contribution in [-0.2, 0) is 9.53 Å². The normalized spacial score (nSPS) is 30.5. The Morgan fingerprint density at radius 2 is 1.71 bits per heavy atom. The molecule has 4 unspecified atom stereocenters. The zero-order valence-electron chi connectivity index (χ0n) is 16.6. The lowest BCUT2D eigenvalue weighted by Crippen LogP contribution is -2.47. The number of carbonyl (C=O) groups excluding carboxylic acids is 1. The van der Waals surface area contributed by atoms with Gasteiger partial charge in [-0.25, -0.2) is 0 Å². The first-order valence-corrected chi connectivity index (χ1v) is 10.1. The van der Waals surface area contributed by atoms with Gasteiger partial charge in [0.1, 0.15) is 5.60 Å². The van der Waals surface area contributed by atoms with E-state index in [0.717, 1.165) is 18.3 Å². The predicted molar refractivity (Wildman–Crippen MR) is 99.6 cm³/mol. The summed E-state index contributed by atoms with van der Waals surface area (Å²) in [5.74, 6) is 2.60. The first-order valence-electron chi connectivity index (χ1n) is 10.1. The molecule has 3 nitrogen and oxygen atoms in total. The Balaban J connectivity index is 2.00. The average molecular weight is 338 g/mol. The van der Waals surface area contributed by atoms with Crippen LogP contribution in [0.2, 0.25) is 0 Å². The molecule has 2 aliphatic rings. The highest BCUT2D eigenvalue weighted by Gasteiger charge is 2.43. The summed E-state index contributed by atoms with van der Waals surface area (Å²) in [5, 5.41) is 0. The Labute approximate surface area is 149 Å². The second-order valence-corrected chi connectivity index (χ2v) is 9.67. The number of ether oxygens (including phenoxy) is 1. The Hall–Kier alpha value is -0.570. The van der Waals surface area contributed by atoms with Crippen molar-refractivity contribution in [2.24, 2.45) is 34.8 Å². The maximum absolute atomic E-state index is 12.9. The molecule has 3 heteroatoms. The quantitative estimate of drug-likeness (QED) is 0.699. The van der Waals surface area contributed by atoms with Gasteiger partial charge in [-0.3, -0.25) is 4.79 Å². The minimum Gasteiger partial charge on any atom is -0.459 e. The van der Waals surface area contributed by atoms with Crippen LogP contribution in [0.1, 0.15) is 86.0 Å². The van der Waals surface area contributed by atoms with E-state index in [0.29, 0.717) is 18.4 Å². The van der Waals surface area contributed by atoms with Crippen molar-refractivity contribution in [3.8, 4) is 0 Å². The molecule has 140 valence electrons. The van der Waals surface area contributed by atoms with E-state index in [-0.39, 0.29) is 11.6 Å². The van der Waals surface area contributed by atoms with Crippen LogP contribution in [-0.4, -0.2) is 18.1 Å². The Bertz CT molecular complexity index is 432. The Morgan fingerprint density at radius 1 is 1.08 bits per heavy atom. The van der Waals surface area contributed by atoms with Crippen LogP contribution in [0.4, 0.5) is 0 Å². The highest BCUT2D eigenvalue weighted by Crippen LogP contribution is 2.46. The first kappa shape index (κ1) is 19.8. The lowest BCUT2D eigenvalue weighted by Gasteiger charge is -2.45. The van der Waals surface area contributed by atoms with Crippen molar-refractivity contribution in [1.82, 2.24) is 0 Å². The summed E-state index contributed by atoms with van der Waals surface area (Å²) in [5.41, 5.74) is 5.00. The minimum absolute atomic E-state index is 0.102. The van der Waals surface area contributed by atoms with E-state index >= 15 is 0 Å². The lowest BCUT2D eigenvalue weighted by molar-refractivity contribution is -0.176. The summed E-state index contributed by atoms with van der Waals surface area (Å²) in [7, 11) is 0. The molecule has 2 rings (SSSR count). The van der Waals surface area contributed by atoms with Crippen LogP contribution >= 0.6 is 0 Å². The maximum atomic E-state index is 12.9. The van der Waals surface area contributed by atoms with E-state index in [2.05, 4.69) is 27.7 Å². The van der Waals surface area contributed by atoms with Gasteiger partial charge in [-0.05, 0) is 70.1 Å². The van der Waals surface area contributed by atoms with E-state index in [4.69, 9.17) is 10.5 Å². The third-order valence-electron chi connectivity index (χ3n) is 6.68. The van der Waals surface area contributed by atoms with Gasteiger partial charge in [0, 0.05) is 6.54 Å². The van der Waals surface area contributed by atoms with Crippen LogP contribution < -0.4 is 5.73 Å². The zero-order chi connectivity index (χ0) is 18.0. The monoisotopic (exact) mass is 337 g/mol. The van der Waals surface area contributed by atoms with Crippen molar-refractivity contribution in [1.29, 1.82) is 0 Å². The van der Waals surface area contributed by atoms with Gasteiger partial charge in [-0.2, -0.15) is 0 Å². The van der Waals surface area contributed by atoms with Gasteiger partial charge in [0.05, 0.1) is 5.41 Å². The molecular weight excluding hydrogens is 298 g/mol. The fourth-order valence-electron chi connectivity index (χ4n) is 5.10. The number of carbonyl (C=O) groups is 1. The van der Waals surface area contributed by atoms with Gasteiger partial charge in [-0.1, -0.05) is 39.5 Å².